The van der Waals surface area contributed by atoms with E-state index in [1.807, 2.05) is 59.9 Å². The fourth-order valence-corrected chi connectivity index (χ4v) is 3.89. The highest BCUT2D eigenvalue weighted by molar-refractivity contribution is 6.07. The summed E-state index contributed by atoms with van der Waals surface area (Å²) in [5.41, 5.74) is 1.35. The third kappa shape index (κ3) is 4.16. The molecular formula is C23H28N8O3. The van der Waals surface area contributed by atoms with E-state index in [4.69, 9.17) is 4.74 Å². The smallest absolute Gasteiger partial charge is 0.415 e. The van der Waals surface area contributed by atoms with Crippen LogP contribution in [0.15, 0.2) is 41.7 Å². The van der Waals surface area contributed by atoms with Crippen molar-refractivity contribution >= 4 is 40.2 Å². The number of allylic oxidation sites excluding steroid dienone is 1. The van der Waals surface area contributed by atoms with Crippen LogP contribution in [0.5, 0.6) is 0 Å². The van der Waals surface area contributed by atoms with E-state index in [0.717, 1.165) is 16.5 Å². The molecule has 0 spiro atoms. The van der Waals surface area contributed by atoms with Crippen LogP contribution in [-0.2, 0) is 9.53 Å². The van der Waals surface area contributed by atoms with Crippen molar-refractivity contribution in [2.45, 2.75) is 46.3 Å². The lowest BCUT2D eigenvalue weighted by atomic mass is 10.0. The Morgan fingerprint density at radius 1 is 1.21 bits per heavy atom. The topological polar surface area (TPSA) is 118 Å². The average Bonchev–Trinajstić information content (AvgIpc) is 3.26. The van der Waals surface area contributed by atoms with E-state index in [1.165, 1.54) is 4.90 Å². The third-order valence-electron chi connectivity index (χ3n) is 5.68. The van der Waals surface area contributed by atoms with Crippen LogP contribution in [0.1, 0.15) is 40.7 Å². The van der Waals surface area contributed by atoms with Crippen molar-refractivity contribution in [3.63, 3.8) is 0 Å². The number of fused-ring (bicyclic) bond motifs is 2. The van der Waals surface area contributed by atoms with Gasteiger partial charge in [-0.05, 0) is 74.7 Å². The van der Waals surface area contributed by atoms with Gasteiger partial charge in [-0.25, -0.2) is 14.5 Å². The summed E-state index contributed by atoms with van der Waals surface area (Å²) in [4.78, 5) is 33.3. The Morgan fingerprint density at radius 3 is 2.65 bits per heavy atom. The van der Waals surface area contributed by atoms with Crippen LogP contribution in [-0.4, -0.2) is 56.9 Å². The van der Waals surface area contributed by atoms with Crippen LogP contribution in [0.25, 0.3) is 10.8 Å². The van der Waals surface area contributed by atoms with Gasteiger partial charge in [0.05, 0.1) is 11.6 Å². The van der Waals surface area contributed by atoms with E-state index in [2.05, 4.69) is 25.8 Å². The summed E-state index contributed by atoms with van der Waals surface area (Å²) in [6, 6.07) is 6.96. The summed E-state index contributed by atoms with van der Waals surface area (Å²) in [5.74, 6) is 0.816. The van der Waals surface area contributed by atoms with Crippen LogP contribution >= 0.6 is 0 Å². The Hall–Kier alpha value is -4.02. The van der Waals surface area contributed by atoms with Gasteiger partial charge in [0.25, 0.3) is 5.91 Å². The van der Waals surface area contributed by atoms with Gasteiger partial charge in [-0.1, -0.05) is 5.10 Å². The number of carbonyl (C=O) groups excluding carboxylic acids is 2. The van der Waals surface area contributed by atoms with Gasteiger partial charge in [0, 0.05) is 37.1 Å². The Bertz CT molecular complexity index is 1310. The van der Waals surface area contributed by atoms with Gasteiger partial charge in [0.15, 0.2) is 0 Å². The Kier molecular flexibility index (Phi) is 5.72. The van der Waals surface area contributed by atoms with Crippen LogP contribution in [0.2, 0.25) is 0 Å². The van der Waals surface area contributed by atoms with Gasteiger partial charge < -0.3 is 15.0 Å². The Morgan fingerprint density at radius 2 is 1.94 bits per heavy atom. The van der Waals surface area contributed by atoms with Gasteiger partial charge in [0.1, 0.15) is 11.4 Å². The first-order valence-corrected chi connectivity index (χ1v) is 10.9. The molecule has 1 N–H and O–H groups in total. The van der Waals surface area contributed by atoms with Gasteiger partial charge >= 0.3 is 6.09 Å². The zero-order valence-electron chi connectivity index (χ0n) is 20.3. The molecule has 34 heavy (non-hydrogen) atoms. The molecule has 0 radical (unpaired) electrons. The molecule has 11 heteroatoms. The summed E-state index contributed by atoms with van der Waals surface area (Å²) in [7, 11) is 3.44. The summed E-state index contributed by atoms with van der Waals surface area (Å²) < 4.78 is 7.08. The normalized spacial score (nSPS) is 15.9. The number of pyridine rings is 1. The highest BCUT2D eigenvalue weighted by Gasteiger charge is 2.32. The maximum absolute atomic E-state index is 13.2. The highest BCUT2D eigenvalue weighted by Crippen LogP contribution is 2.33. The molecule has 3 aromatic rings. The number of benzene rings is 1. The zero-order valence-corrected chi connectivity index (χ0v) is 20.3. The standard InChI is InChI=1S/C23H28N8O3/c1-13-18(14(2)31-21(29(13)6)26-27-28-31)20(32)25-16-8-9-17-15(12-16)10-11-24-19(17)30(7)22(33)34-23(3,4)5/h8-12,14H,1-7H3,(H,25,32)/t14-/m1/s1. The Labute approximate surface area is 197 Å². The molecule has 0 saturated carbocycles. The number of nitrogens with one attached hydrogen (secondary N) is 1. The first-order valence-electron chi connectivity index (χ1n) is 10.9. The first-order chi connectivity index (χ1) is 16.0. The van der Waals surface area contributed by atoms with Gasteiger partial charge in [-0.15, -0.1) is 0 Å². The van der Waals surface area contributed by atoms with Crippen molar-refractivity contribution in [3.05, 3.63) is 41.7 Å². The second kappa shape index (κ2) is 8.40. The molecule has 0 aliphatic carbocycles. The number of tetrazole rings is 1. The number of ether oxygens (including phenoxy) is 1. The molecule has 0 saturated heterocycles. The van der Waals surface area contributed by atoms with Crippen LogP contribution < -0.4 is 15.1 Å². The maximum atomic E-state index is 13.2. The molecule has 1 aliphatic heterocycles. The number of nitrogens with zero attached hydrogens (tertiary/aromatic N) is 7. The summed E-state index contributed by atoms with van der Waals surface area (Å²) in [5, 5.41) is 16.3. The van der Waals surface area contributed by atoms with E-state index in [9.17, 15) is 9.59 Å². The number of aromatic nitrogens is 5. The van der Waals surface area contributed by atoms with Gasteiger partial charge in [0.2, 0.25) is 5.95 Å². The van der Waals surface area contributed by atoms with Crippen molar-refractivity contribution in [3.8, 4) is 0 Å². The number of rotatable bonds is 3. The Balaban J connectivity index is 1.60. The van der Waals surface area contributed by atoms with Crippen molar-refractivity contribution in [1.82, 2.24) is 25.2 Å². The lowest BCUT2D eigenvalue weighted by molar-refractivity contribution is -0.113. The van der Waals surface area contributed by atoms with E-state index >= 15 is 0 Å². The van der Waals surface area contributed by atoms with Gasteiger partial charge in [-0.2, -0.15) is 0 Å². The second-order valence-corrected chi connectivity index (χ2v) is 9.22. The summed E-state index contributed by atoms with van der Waals surface area (Å²) in [6.07, 6.45) is 1.12. The summed E-state index contributed by atoms with van der Waals surface area (Å²) in [6.45, 7) is 9.19. The van der Waals surface area contributed by atoms with Crippen molar-refractivity contribution in [1.29, 1.82) is 0 Å². The molecule has 0 fully saturated rings. The average molecular weight is 465 g/mol. The number of hydrogen-bond acceptors (Lipinski definition) is 8. The monoisotopic (exact) mass is 464 g/mol. The molecule has 2 aromatic heterocycles. The molecule has 2 amide bonds. The van der Waals surface area contributed by atoms with E-state index in [0.29, 0.717) is 23.0 Å². The van der Waals surface area contributed by atoms with Crippen LogP contribution in [0.3, 0.4) is 0 Å². The first kappa shape index (κ1) is 23.1. The number of carbonyl (C=O) groups is 2. The minimum Gasteiger partial charge on any atom is -0.443 e. The SMILES string of the molecule is CC1=C(C(=O)Nc2ccc3c(N(C)C(=O)OC(C)(C)C)nccc3c2)[C@@H](C)n2nnnc2N1C. The maximum Gasteiger partial charge on any atom is 0.415 e. The third-order valence-corrected chi connectivity index (χ3v) is 5.68. The molecule has 11 nitrogen and oxygen atoms in total. The molecular weight excluding hydrogens is 436 g/mol. The molecule has 1 aliphatic rings. The predicted octanol–water partition coefficient (Wildman–Crippen LogP) is 3.52. The fourth-order valence-electron chi connectivity index (χ4n) is 3.89. The minimum atomic E-state index is -0.617. The molecule has 3 heterocycles. The largest absolute Gasteiger partial charge is 0.443 e. The molecule has 178 valence electrons. The molecule has 0 unspecified atom stereocenters. The molecule has 4 rings (SSSR count). The second-order valence-electron chi connectivity index (χ2n) is 9.22. The lowest BCUT2D eigenvalue weighted by Crippen LogP contribution is -2.34. The van der Waals surface area contributed by atoms with Crippen molar-refractivity contribution < 1.29 is 14.3 Å². The van der Waals surface area contributed by atoms with Crippen molar-refractivity contribution in [2.75, 3.05) is 29.2 Å². The van der Waals surface area contributed by atoms with Crippen LogP contribution in [0, 0.1) is 0 Å². The van der Waals surface area contributed by atoms with E-state index in [1.54, 1.807) is 28.9 Å². The minimum absolute atomic E-state index is 0.238. The van der Waals surface area contributed by atoms with Crippen LogP contribution in [0.4, 0.5) is 22.2 Å². The van der Waals surface area contributed by atoms with E-state index < -0.39 is 11.7 Å². The van der Waals surface area contributed by atoms with Gasteiger partial charge in [-0.3, -0.25) is 9.69 Å². The molecule has 1 aromatic carbocycles. The number of anilines is 3. The van der Waals surface area contributed by atoms with Crippen molar-refractivity contribution in [2.24, 2.45) is 0 Å². The van der Waals surface area contributed by atoms with E-state index in [-0.39, 0.29) is 11.9 Å². The number of amides is 2. The highest BCUT2D eigenvalue weighted by atomic mass is 16.6. The summed E-state index contributed by atoms with van der Waals surface area (Å²) >= 11 is 0. The molecule has 1 atom stereocenters. The quantitative estimate of drug-likeness (QED) is 0.625. The zero-order chi connectivity index (χ0) is 24.8. The lowest BCUT2D eigenvalue weighted by Gasteiger charge is -2.30. The fraction of sp³-hybridized carbons (Fsp3) is 0.391. The number of hydrogen-bond donors (Lipinski definition) is 1. The predicted molar refractivity (Wildman–Crippen MR) is 129 cm³/mol. The molecule has 0 bridgehead atoms.